The van der Waals surface area contributed by atoms with E-state index in [1.54, 1.807) is 74.5 Å². The molecule has 14 nitrogen and oxygen atoms in total. The molecule has 4 rings (SSSR count). The molecule has 0 fully saturated rings. The first kappa shape index (κ1) is 54.4. The van der Waals surface area contributed by atoms with E-state index in [9.17, 15) is 19.2 Å². The number of rotatable bonds is 15. The molecule has 0 aliphatic rings. The predicted octanol–water partition coefficient (Wildman–Crippen LogP) is 7.84. The maximum atomic E-state index is 10.2. The molecule has 3 unspecified atom stereocenters. The van der Waals surface area contributed by atoms with Crippen LogP contribution in [-0.2, 0) is 0 Å². The monoisotopic (exact) mass is 812 g/mol. The van der Waals surface area contributed by atoms with Crippen molar-refractivity contribution in [1.29, 1.82) is 0 Å². The lowest BCUT2D eigenvalue weighted by molar-refractivity contribution is 0.0652. The van der Waals surface area contributed by atoms with Gasteiger partial charge in [-0.05, 0) is 87.1 Å². The SMILES string of the molecule is CC(O)C#C[C@H](C)O.CCCCC(CCO)C(CCO)CCCC.O=C(O)c1ccccc1.O=C(O)c1ccccc1.O=C(O)c1ccco1.O=C(O)c1ccco1. The van der Waals surface area contributed by atoms with Crippen molar-refractivity contribution >= 4 is 23.9 Å². The van der Waals surface area contributed by atoms with Crippen molar-refractivity contribution in [2.45, 2.75) is 91.3 Å². The van der Waals surface area contributed by atoms with Crippen LogP contribution in [0.5, 0.6) is 0 Å². The summed E-state index contributed by atoms with van der Waals surface area (Å²) in [6.45, 7) is 8.11. The van der Waals surface area contributed by atoms with Gasteiger partial charge >= 0.3 is 23.9 Å². The lowest BCUT2D eigenvalue weighted by Gasteiger charge is -2.26. The Kier molecular flexibility index (Phi) is 33.5. The molecule has 0 spiro atoms. The molecule has 2 heterocycles. The van der Waals surface area contributed by atoms with Gasteiger partial charge in [-0.3, -0.25) is 0 Å². The zero-order valence-corrected chi connectivity index (χ0v) is 33.6. The van der Waals surface area contributed by atoms with Gasteiger partial charge in [0.1, 0.15) is 12.2 Å². The Hall–Kier alpha value is -5.72. The van der Waals surface area contributed by atoms with E-state index in [1.807, 2.05) is 0 Å². The van der Waals surface area contributed by atoms with Crippen molar-refractivity contribution in [3.63, 3.8) is 0 Å². The molecule has 2 aromatic carbocycles. The Balaban J connectivity index is 0. The minimum absolute atomic E-state index is 0.0231. The van der Waals surface area contributed by atoms with Crippen LogP contribution in [0.4, 0.5) is 0 Å². The van der Waals surface area contributed by atoms with Gasteiger partial charge < -0.3 is 49.7 Å². The molecule has 0 radical (unpaired) electrons. The molecule has 320 valence electrons. The topological polar surface area (TPSA) is 256 Å². The molecule has 0 aliphatic carbocycles. The van der Waals surface area contributed by atoms with Crippen LogP contribution in [0.2, 0.25) is 0 Å². The van der Waals surface area contributed by atoms with Gasteiger partial charge in [-0.25, -0.2) is 19.2 Å². The molecular formula is C44H60O14. The van der Waals surface area contributed by atoms with Crippen LogP contribution < -0.4 is 0 Å². The third-order valence-electron chi connectivity index (χ3n) is 7.53. The van der Waals surface area contributed by atoms with Gasteiger partial charge in [0, 0.05) is 13.2 Å². The van der Waals surface area contributed by atoms with Crippen LogP contribution in [0.3, 0.4) is 0 Å². The lowest BCUT2D eigenvalue weighted by atomic mass is 9.80. The van der Waals surface area contributed by atoms with Crippen LogP contribution in [0.25, 0.3) is 0 Å². The minimum Gasteiger partial charge on any atom is -0.478 e. The number of carbonyl (C=O) groups is 4. The molecule has 0 saturated heterocycles. The Morgan fingerprint density at radius 3 is 1.02 bits per heavy atom. The van der Waals surface area contributed by atoms with E-state index in [0.29, 0.717) is 36.2 Å². The molecule has 0 amide bonds. The summed E-state index contributed by atoms with van der Waals surface area (Å²) < 4.78 is 8.99. The third kappa shape index (κ3) is 30.5. The molecule has 0 saturated carbocycles. The normalized spacial score (nSPS) is 11.6. The number of aliphatic hydroxyl groups is 4. The number of carboxylic acids is 4. The Morgan fingerprint density at radius 1 is 0.517 bits per heavy atom. The van der Waals surface area contributed by atoms with Crippen molar-refractivity contribution in [3.8, 4) is 11.8 Å². The first-order valence-corrected chi connectivity index (χ1v) is 18.8. The van der Waals surface area contributed by atoms with Gasteiger partial charge in [0.2, 0.25) is 11.5 Å². The number of hydrogen-bond acceptors (Lipinski definition) is 10. The molecule has 2 aromatic heterocycles. The van der Waals surface area contributed by atoms with Gasteiger partial charge in [-0.15, -0.1) is 0 Å². The first-order chi connectivity index (χ1) is 27.6. The summed E-state index contributed by atoms with van der Waals surface area (Å²) in [4.78, 5) is 40.3. The lowest BCUT2D eigenvalue weighted by Crippen LogP contribution is -2.18. The Morgan fingerprint density at radius 2 is 0.845 bits per heavy atom. The number of unbranched alkanes of at least 4 members (excludes halogenated alkanes) is 2. The zero-order valence-electron chi connectivity index (χ0n) is 33.6. The van der Waals surface area contributed by atoms with Crippen molar-refractivity contribution in [3.05, 3.63) is 120 Å². The quantitative estimate of drug-likeness (QED) is 0.0532. The van der Waals surface area contributed by atoms with Crippen LogP contribution in [0, 0.1) is 23.7 Å². The van der Waals surface area contributed by atoms with Gasteiger partial charge in [0.15, 0.2) is 0 Å². The van der Waals surface area contributed by atoms with Crippen molar-refractivity contribution in [1.82, 2.24) is 0 Å². The second kappa shape index (κ2) is 35.7. The maximum absolute atomic E-state index is 10.2. The third-order valence-corrected chi connectivity index (χ3v) is 7.53. The molecule has 0 aliphatic heterocycles. The first-order valence-electron chi connectivity index (χ1n) is 18.8. The van der Waals surface area contributed by atoms with E-state index in [1.165, 1.54) is 75.3 Å². The molecule has 58 heavy (non-hydrogen) atoms. The van der Waals surface area contributed by atoms with Gasteiger partial charge in [0.25, 0.3) is 0 Å². The summed E-state index contributed by atoms with van der Waals surface area (Å²) in [5.74, 6) is 2.16. The highest BCUT2D eigenvalue weighted by molar-refractivity contribution is 5.88. The number of hydrogen-bond donors (Lipinski definition) is 8. The van der Waals surface area contributed by atoms with E-state index >= 15 is 0 Å². The second-order valence-corrected chi connectivity index (χ2v) is 12.4. The number of aliphatic hydroxyl groups excluding tert-OH is 4. The van der Waals surface area contributed by atoms with Crippen LogP contribution in [0.15, 0.2) is 106 Å². The van der Waals surface area contributed by atoms with Crippen LogP contribution in [0.1, 0.15) is 121 Å². The number of furan rings is 2. The average Bonchev–Trinajstić information content (AvgIpc) is 3.96. The smallest absolute Gasteiger partial charge is 0.371 e. The van der Waals surface area contributed by atoms with Crippen LogP contribution in [-0.4, -0.2) is 90.2 Å². The van der Waals surface area contributed by atoms with Crippen LogP contribution >= 0.6 is 0 Å². The summed E-state index contributed by atoms with van der Waals surface area (Å²) in [6.07, 6.45) is 10.6. The Bertz CT molecular complexity index is 1520. The summed E-state index contributed by atoms with van der Waals surface area (Å²) in [5, 5.41) is 68.4. The number of carboxylic acid groups (broad SMARTS) is 4. The van der Waals surface area contributed by atoms with E-state index in [2.05, 4.69) is 34.5 Å². The van der Waals surface area contributed by atoms with E-state index in [0.717, 1.165) is 12.8 Å². The summed E-state index contributed by atoms with van der Waals surface area (Å²) >= 11 is 0. The van der Waals surface area contributed by atoms with E-state index in [4.69, 9.17) is 40.9 Å². The maximum Gasteiger partial charge on any atom is 0.371 e. The van der Waals surface area contributed by atoms with E-state index in [-0.39, 0.29) is 11.5 Å². The van der Waals surface area contributed by atoms with Crippen molar-refractivity contribution in [2.75, 3.05) is 13.2 Å². The number of aromatic carboxylic acids is 4. The fraction of sp³-hybridized carbons (Fsp3) is 0.409. The van der Waals surface area contributed by atoms with Gasteiger partial charge in [0.05, 0.1) is 23.7 Å². The zero-order chi connectivity index (χ0) is 44.1. The Labute approximate surface area is 340 Å². The summed E-state index contributed by atoms with van der Waals surface area (Å²) in [6, 6.07) is 22.4. The van der Waals surface area contributed by atoms with E-state index < -0.39 is 36.1 Å². The minimum atomic E-state index is -1.03. The highest BCUT2D eigenvalue weighted by atomic mass is 16.4. The average molecular weight is 813 g/mol. The molecule has 14 heteroatoms. The van der Waals surface area contributed by atoms with Gasteiger partial charge in [-0.1, -0.05) is 101 Å². The molecule has 4 aromatic rings. The highest BCUT2D eigenvalue weighted by Gasteiger charge is 2.19. The fourth-order valence-corrected chi connectivity index (χ4v) is 4.70. The van der Waals surface area contributed by atoms with Gasteiger partial charge in [-0.2, -0.15) is 0 Å². The highest BCUT2D eigenvalue weighted by Crippen LogP contribution is 2.29. The predicted molar refractivity (Wildman–Crippen MR) is 219 cm³/mol. The largest absolute Gasteiger partial charge is 0.478 e. The molecule has 0 bridgehead atoms. The van der Waals surface area contributed by atoms with Crippen molar-refractivity contribution < 1.29 is 68.9 Å². The number of benzene rings is 2. The standard InChI is InChI=1S/C14H30O2.2C7H6O2.C6H10O2.2C5H4O3/c1-3-5-7-13(9-11-15)14(10-12-16)8-6-4-2;2*8-7(9)6-4-2-1-3-5-6;1-5(7)3-4-6(2)8;2*6-5(7)4-2-1-3-8-4/h13-16H,3-12H2,1-2H3;2*1-5H,(H,8,9);5-8H,1-2H3;2*1-3H,(H,6,7)/t;;;5-,6?;;/m...0../s1. The van der Waals surface area contributed by atoms with Crippen molar-refractivity contribution in [2.24, 2.45) is 11.8 Å². The fourth-order valence-electron chi connectivity index (χ4n) is 4.70. The molecular weight excluding hydrogens is 752 g/mol. The molecule has 8 N–H and O–H groups in total. The summed E-state index contributed by atoms with van der Waals surface area (Å²) in [5.41, 5.74) is 0.662. The molecule has 4 atom stereocenters. The summed E-state index contributed by atoms with van der Waals surface area (Å²) in [7, 11) is 0. The second-order valence-electron chi connectivity index (χ2n) is 12.4.